The summed E-state index contributed by atoms with van der Waals surface area (Å²) in [6, 6.07) is 9.50. The summed E-state index contributed by atoms with van der Waals surface area (Å²) in [4.78, 5) is 0. The van der Waals surface area contributed by atoms with Gasteiger partial charge >= 0.3 is 0 Å². The average Bonchev–Trinajstić information content (AvgIpc) is 2.61. The summed E-state index contributed by atoms with van der Waals surface area (Å²) < 4.78 is 1.95. The van der Waals surface area contributed by atoms with Crippen molar-refractivity contribution < 1.29 is 5.11 Å². The van der Waals surface area contributed by atoms with Gasteiger partial charge in [0.1, 0.15) is 0 Å². The molecular formula is C12H9Br2ClOS. The molecule has 0 aliphatic heterocycles. The quantitative estimate of drug-likeness (QED) is 0.756. The molecule has 1 aromatic carbocycles. The van der Waals surface area contributed by atoms with Gasteiger partial charge in [0.05, 0.1) is 13.7 Å². The fourth-order valence-corrected chi connectivity index (χ4v) is 4.73. The minimum atomic E-state index is -0.549. The lowest BCUT2D eigenvalue weighted by molar-refractivity contribution is 0.178. The zero-order valence-corrected chi connectivity index (χ0v) is 13.4. The number of aliphatic hydroxyl groups excluding tert-OH is 1. The van der Waals surface area contributed by atoms with Crippen LogP contribution in [0.15, 0.2) is 37.9 Å². The zero-order valence-electron chi connectivity index (χ0n) is 8.66. The van der Waals surface area contributed by atoms with Gasteiger partial charge in [0.2, 0.25) is 0 Å². The maximum Gasteiger partial charge on any atom is 0.0850 e. The van der Waals surface area contributed by atoms with Crippen LogP contribution in [0.3, 0.4) is 0 Å². The van der Waals surface area contributed by atoms with Crippen molar-refractivity contribution in [1.29, 1.82) is 0 Å². The van der Waals surface area contributed by atoms with Crippen LogP contribution >= 0.6 is 54.8 Å². The van der Waals surface area contributed by atoms with Crippen molar-refractivity contribution in [1.82, 2.24) is 0 Å². The molecule has 2 rings (SSSR count). The van der Waals surface area contributed by atoms with E-state index in [-0.39, 0.29) is 0 Å². The number of benzene rings is 1. The molecular weight excluding hydrogens is 387 g/mol. The average molecular weight is 397 g/mol. The van der Waals surface area contributed by atoms with E-state index in [1.54, 1.807) is 11.3 Å². The maximum atomic E-state index is 10.2. The second-order valence-corrected chi connectivity index (χ2v) is 7.75. The van der Waals surface area contributed by atoms with Crippen molar-refractivity contribution in [2.24, 2.45) is 0 Å². The van der Waals surface area contributed by atoms with Gasteiger partial charge in [0, 0.05) is 17.0 Å². The van der Waals surface area contributed by atoms with E-state index >= 15 is 0 Å². The lowest BCUT2D eigenvalue weighted by Crippen LogP contribution is -2.01. The summed E-state index contributed by atoms with van der Waals surface area (Å²) in [5.41, 5.74) is 1.85. The molecule has 0 amide bonds. The third-order valence-electron chi connectivity index (χ3n) is 2.41. The fourth-order valence-electron chi connectivity index (χ4n) is 1.56. The van der Waals surface area contributed by atoms with E-state index in [1.807, 2.05) is 30.3 Å². The Balaban J connectivity index is 2.20. The van der Waals surface area contributed by atoms with Crippen LogP contribution in [-0.4, -0.2) is 5.11 Å². The maximum absolute atomic E-state index is 10.2. The highest BCUT2D eigenvalue weighted by Crippen LogP contribution is 2.37. The Kier molecular flexibility index (Phi) is 4.66. The molecule has 1 N–H and O–H groups in total. The Labute approximate surface area is 126 Å². The SMILES string of the molecule is OC(Cc1ccccc1Cl)c1cc(Br)sc1Br. The lowest BCUT2D eigenvalue weighted by atomic mass is 10.0. The summed E-state index contributed by atoms with van der Waals surface area (Å²) in [6.45, 7) is 0. The molecule has 5 heteroatoms. The van der Waals surface area contributed by atoms with E-state index in [0.29, 0.717) is 11.4 Å². The number of aliphatic hydroxyl groups is 1. The van der Waals surface area contributed by atoms with E-state index in [0.717, 1.165) is 18.7 Å². The molecule has 0 saturated heterocycles. The van der Waals surface area contributed by atoms with Crippen LogP contribution in [0.25, 0.3) is 0 Å². The molecule has 1 heterocycles. The fraction of sp³-hybridized carbons (Fsp3) is 0.167. The zero-order chi connectivity index (χ0) is 12.4. The molecule has 0 spiro atoms. The third-order valence-corrected chi connectivity index (χ3v) is 5.17. The van der Waals surface area contributed by atoms with Crippen molar-refractivity contribution in [3.63, 3.8) is 0 Å². The van der Waals surface area contributed by atoms with Gasteiger partial charge in [-0.25, -0.2) is 0 Å². The van der Waals surface area contributed by atoms with Gasteiger partial charge in [-0.2, -0.15) is 0 Å². The van der Waals surface area contributed by atoms with Gasteiger partial charge in [-0.3, -0.25) is 0 Å². The Morgan fingerprint density at radius 1 is 1.29 bits per heavy atom. The van der Waals surface area contributed by atoms with E-state index in [9.17, 15) is 5.11 Å². The molecule has 1 nitrogen and oxygen atoms in total. The second-order valence-electron chi connectivity index (χ2n) is 3.59. The van der Waals surface area contributed by atoms with E-state index < -0.39 is 6.10 Å². The van der Waals surface area contributed by atoms with Crippen LogP contribution in [0.1, 0.15) is 17.2 Å². The number of hydrogen-bond acceptors (Lipinski definition) is 2. The number of thiophene rings is 1. The van der Waals surface area contributed by atoms with Gasteiger partial charge in [0.15, 0.2) is 0 Å². The third kappa shape index (κ3) is 3.32. The molecule has 0 bridgehead atoms. The van der Waals surface area contributed by atoms with Crippen LogP contribution in [-0.2, 0) is 6.42 Å². The highest BCUT2D eigenvalue weighted by Gasteiger charge is 2.16. The molecule has 0 saturated carbocycles. The van der Waals surface area contributed by atoms with Gasteiger partial charge < -0.3 is 5.11 Å². The van der Waals surface area contributed by atoms with E-state index in [4.69, 9.17) is 11.6 Å². The first-order chi connectivity index (χ1) is 8.08. The summed E-state index contributed by atoms with van der Waals surface area (Å²) in [7, 11) is 0. The van der Waals surface area contributed by atoms with Crippen molar-refractivity contribution >= 4 is 54.8 Å². The first-order valence-electron chi connectivity index (χ1n) is 4.94. The van der Waals surface area contributed by atoms with E-state index in [1.165, 1.54) is 0 Å². The normalized spacial score (nSPS) is 12.7. The van der Waals surface area contributed by atoms with Crippen LogP contribution in [0.2, 0.25) is 5.02 Å². The minimum absolute atomic E-state index is 0.515. The van der Waals surface area contributed by atoms with Crippen molar-refractivity contribution in [2.45, 2.75) is 12.5 Å². The number of hydrogen-bond donors (Lipinski definition) is 1. The van der Waals surface area contributed by atoms with Crippen molar-refractivity contribution in [3.8, 4) is 0 Å². The molecule has 0 aliphatic rings. The highest BCUT2D eigenvalue weighted by atomic mass is 79.9. The predicted octanol–water partition coefficient (Wildman–Crippen LogP) is 5.20. The second kappa shape index (κ2) is 5.85. The van der Waals surface area contributed by atoms with Crippen molar-refractivity contribution in [2.75, 3.05) is 0 Å². The summed E-state index contributed by atoms with van der Waals surface area (Å²) in [5.74, 6) is 0. The largest absolute Gasteiger partial charge is 0.388 e. The molecule has 0 radical (unpaired) electrons. The Morgan fingerprint density at radius 3 is 2.59 bits per heavy atom. The van der Waals surface area contributed by atoms with Crippen LogP contribution < -0.4 is 0 Å². The van der Waals surface area contributed by atoms with Gasteiger partial charge in [-0.15, -0.1) is 11.3 Å². The van der Waals surface area contributed by atoms with Gasteiger partial charge in [0.25, 0.3) is 0 Å². The topological polar surface area (TPSA) is 20.2 Å². The van der Waals surface area contributed by atoms with E-state index in [2.05, 4.69) is 31.9 Å². The molecule has 0 aliphatic carbocycles. The monoisotopic (exact) mass is 394 g/mol. The van der Waals surface area contributed by atoms with Crippen LogP contribution in [0, 0.1) is 0 Å². The number of halogens is 3. The molecule has 0 fully saturated rings. The highest BCUT2D eigenvalue weighted by molar-refractivity contribution is 9.12. The summed E-state index contributed by atoms with van der Waals surface area (Å²) in [6.07, 6.45) is -0.0339. The first kappa shape index (κ1) is 13.6. The smallest absolute Gasteiger partial charge is 0.0850 e. The minimum Gasteiger partial charge on any atom is -0.388 e. The number of rotatable bonds is 3. The van der Waals surface area contributed by atoms with Gasteiger partial charge in [-0.05, 0) is 49.6 Å². The van der Waals surface area contributed by atoms with Crippen LogP contribution in [0.4, 0.5) is 0 Å². The standard InChI is InChI=1S/C12H9Br2ClOS/c13-11-6-8(12(14)17-11)10(16)5-7-3-1-2-4-9(7)15/h1-4,6,10,16H,5H2. The van der Waals surface area contributed by atoms with Crippen LogP contribution in [0.5, 0.6) is 0 Å². The van der Waals surface area contributed by atoms with Gasteiger partial charge in [-0.1, -0.05) is 29.8 Å². The molecule has 90 valence electrons. The Morgan fingerprint density at radius 2 is 2.00 bits per heavy atom. The molecule has 17 heavy (non-hydrogen) atoms. The summed E-state index contributed by atoms with van der Waals surface area (Å²) >= 11 is 14.5. The predicted molar refractivity (Wildman–Crippen MR) is 79.8 cm³/mol. The first-order valence-corrected chi connectivity index (χ1v) is 7.72. The molecule has 1 aromatic heterocycles. The van der Waals surface area contributed by atoms with Crippen molar-refractivity contribution in [3.05, 3.63) is 54.1 Å². The Hall–Kier alpha value is 0.130. The lowest BCUT2D eigenvalue weighted by Gasteiger charge is -2.11. The molecule has 2 aromatic rings. The molecule has 1 unspecified atom stereocenters. The summed E-state index contributed by atoms with van der Waals surface area (Å²) in [5, 5.41) is 10.9. The molecule has 1 atom stereocenters. The Bertz CT molecular complexity index is 527.